The van der Waals surface area contributed by atoms with Crippen molar-refractivity contribution in [2.24, 2.45) is 40.4 Å². The van der Waals surface area contributed by atoms with Crippen LogP contribution < -0.4 is 0 Å². The Labute approximate surface area is 165 Å². The SMILES string of the molecule is COCO[C@H]1C[C@@H]2CC[C@@H]3[C@H](CC[C@]4(C)[C@@H]([C@H](C)O)CC[C@@H]34)[C@@]2(C)C[C@H]1O. The first-order chi connectivity index (χ1) is 12.8. The Morgan fingerprint density at radius 2 is 1.78 bits per heavy atom. The monoisotopic (exact) mass is 380 g/mol. The largest absolute Gasteiger partial charge is 0.393 e. The molecule has 27 heavy (non-hydrogen) atoms. The number of rotatable bonds is 4. The molecule has 0 aromatic heterocycles. The molecule has 0 unspecified atom stereocenters. The maximum Gasteiger partial charge on any atom is 0.146 e. The van der Waals surface area contributed by atoms with Crippen LogP contribution in [0.3, 0.4) is 0 Å². The Morgan fingerprint density at radius 3 is 2.48 bits per heavy atom. The maximum absolute atomic E-state index is 10.8. The smallest absolute Gasteiger partial charge is 0.146 e. The van der Waals surface area contributed by atoms with Crippen LogP contribution in [-0.2, 0) is 9.47 Å². The fourth-order valence-corrected chi connectivity index (χ4v) is 8.43. The van der Waals surface area contributed by atoms with E-state index in [1.165, 1.54) is 38.5 Å². The number of methoxy groups -OCH3 is 1. The van der Waals surface area contributed by atoms with Crippen molar-refractivity contribution in [3.05, 3.63) is 0 Å². The van der Waals surface area contributed by atoms with E-state index in [4.69, 9.17) is 9.47 Å². The number of ether oxygens (including phenoxy) is 2. The summed E-state index contributed by atoms with van der Waals surface area (Å²) in [4.78, 5) is 0. The number of hydrogen-bond acceptors (Lipinski definition) is 4. The summed E-state index contributed by atoms with van der Waals surface area (Å²) in [5.41, 5.74) is 0.551. The molecule has 0 spiro atoms. The second-order valence-electron chi connectivity index (χ2n) is 10.7. The van der Waals surface area contributed by atoms with E-state index < -0.39 is 0 Å². The molecule has 0 aliphatic heterocycles. The molecule has 156 valence electrons. The lowest BCUT2D eigenvalue weighted by Crippen LogP contribution is -2.57. The van der Waals surface area contributed by atoms with E-state index in [1.54, 1.807) is 7.11 Å². The lowest BCUT2D eigenvalue weighted by molar-refractivity contribution is -0.190. The van der Waals surface area contributed by atoms with Gasteiger partial charge in [0.05, 0.1) is 18.3 Å². The Hall–Kier alpha value is -0.160. The fraction of sp³-hybridized carbons (Fsp3) is 1.00. The predicted octanol–water partition coefficient (Wildman–Crippen LogP) is 3.99. The van der Waals surface area contributed by atoms with Crippen LogP contribution >= 0.6 is 0 Å². The minimum atomic E-state index is -0.373. The van der Waals surface area contributed by atoms with Gasteiger partial charge in [-0.15, -0.1) is 0 Å². The highest BCUT2D eigenvalue weighted by Crippen LogP contribution is 2.67. The fourth-order valence-electron chi connectivity index (χ4n) is 8.43. The number of fused-ring (bicyclic) bond motifs is 5. The van der Waals surface area contributed by atoms with Crippen molar-refractivity contribution in [1.82, 2.24) is 0 Å². The summed E-state index contributed by atoms with van der Waals surface area (Å²) in [5, 5.41) is 21.2. The number of hydrogen-bond donors (Lipinski definition) is 2. The Balaban J connectivity index is 1.53. The molecule has 4 rings (SSSR count). The lowest BCUT2D eigenvalue weighted by Gasteiger charge is -2.61. The molecule has 4 nitrogen and oxygen atoms in total. The summed E-state index contributed by atoms with van der Waals surface area (Å²) in [6, 6.07) is 0. The third-order valence-corrected chi connectivity index (χ3v) is 9.72. The van der Waals surface area contributed by atoms with Crippen molar-refractivity contribution in [3.63, 3.8) is 0 Å². The topological polar surface area (TPSA) is 58.9 Å². The molecule has 0 aromatic carbocycles. The van der Waals surface area contributed by atoms with Crippen molar-refractivity contribution < 1.29 is 19.7 Å². The molecular weight excluding hydrogens is 340 g/mol. The van der Waals surface area contributed by atoms with Crippen molar-refractivity contribution in [1.29, 1.82) is 0 Å². The summed E-state index contributed by atoms with van der Waals surface area (Å²) in [6.45, 7) is 7.21. The molecule has 0 aromatic rings. The van der Waals surface area contributed by atoms with Gasteiger partial charge in [0.1, 0.15) is 6.79 Å². The van der Waals surface area contributed by atoms with Crippen LogP contribution in [0.2, 0.25) is 0 Å². The Bertz CT molecular complexity index is 536. The zero-order valence-electron chi connectivity index (χ0n) is 17.7. The van der Waals surface area contributed by atoms with Gasteiger partial charge in [-0.1, -0.05) is 13.8 Å². The van der Waals surface area contributed by atoms with Gasteiger partial charge in [-0.05, 0) is 98.7 Å². The average molecular weight is 381 g/mol. The summed E-state index contributed by atoms with van der Waals surface area (Å²) in [5.74, 6) is 3.38. The van der Waals surface area contributed by atoms with E-state index in [2.05, 4.69) is 13.8 Å². The Morgan fingerprint density at radius 1 is 1.04 bits per heavy atom. The minimum absolute atomic E-state index is 0.0699. The van der Waals surface area contributed by atoms with Crippen LogP contribution in [0, 0.1) is 40.4 Å². The summed E-state index contributed by atoms with van der Waals surface area (Å²) < 4.78 is 10.9. The first kappa shape index (κ1) is 20.1. The Kier molecular flexibility index (Phi) is 5.42. The highest BCUT2D eigenvalue weighted by atomic mass is 16.7. The van der Waals surface area contributed by atoms with Gasteiger partial charge in [-0.25, -0.2) is 0 Å². The van der Waals surface area contributed by atoms with Gasteiger partial charge in [0.15, 0.2) is 0 Å². The number of aliphatic hydroxyl groups excluding tert-OH is 2. The van der Waals surface area contributed by atoms with Gasteiger partial charge in [-0.2, -0.15) is 0 Å². The van der Waals surface area contributed by atoms with Crippen LogP contribution in [-0.4, -0.2) is 42.4 Å². The van der Waals surface area contributed by atoms with Crippen LogP contribution in [0.25, 0.3) is 0 Å². The minimum Gasteiger partial charge on any atom is -0.393 e. The maximum atomic E-state index is 10.8. The predicted molar refractivity (Wildman–Crippen MR) is 105 cm³/mol. The van der Waals surface area contributed by atoms with Gasteiger partial charge in [-0.3, -0.25) is 0 Å². The van der Waals surface area contributed by atoms with Gasteiger partial charge >= 0.3 is 0 Å². The zero-order valence-corrected chi connectivity index (χ0v) is 17.7. The molecule has 4 aliphatic rings. The molecular formula is C23H40O4. The van der Waals surface area contributed by atoms with E-state index in [-0.39, 0.29) is 30.5 Å². The van der Waals surface area contributed by atoms with E-state index in [0.717, 1.165) is 30.6 Å². The molecule has 0 saturated heterocycles. The molecule has 0 radical (unpaired) electrons. The second kappa shape index (κ2) is 7.27. The van der Waals surface area contributed by atoms with Gasteiger partial charge in [0, 0.05) is 7.11 Å². The van der Waals surface area contributed by atoms with E-state index in [9.17, 15) is 10.2 Å². The van der Waals surface area contributed by atoms with E-state index >= 15 is 0 Å². The molecule has 4 saturated carbocycles. The molecule has 10 atom stereocenters. The van der Waals surface area contributed by atoms with Crippen LogP contribution in [0.4, 0.5) is 0 Å². The molecule has 4 fully saturated rings. The number of aliphatic hydroxyl groups is 2. The molecule has 4 heteroatoms. The summed E-state index contributed by atoms with van der Waals surface area (Å²) in [6.07, 6.45) is 8.81. The molecule has 2 N–H and O–H groups in total. The third kappa shape index (κ3) is 3.10. The second-order valence-corrected chi connectivity index (χ2v) is 10.7. The van der Waals surface area contributed by atoms with E-state index in [0.29, 0.717) is 17.3 Å². The first-order valence-electron chi connectivity index (χ1n) is 11.3. The normalized spacial score (nSPS) is 53.3. The zero-order chi connectivity index (χ0) is 19.4. The average Bonchev–Trinajstić information content (AvgIpc) is 2.97. The third-order valence-electron chi connectivity index (χ3n) is 9.72. The van der Waals surface area contributed by atoms with E-state index in [1.807, 2.05) is 6.92 Å². The molecule has 0 bridgehead atoms. The van der Waals surface area contributed by atoms with Crippen LogP contribution in [0.1, 0.15) is 72.1 Å². The van der Waals surface area contributed by atoms with Crippen LogP contribution in [0.15, 0.2) is 0 Å². The quantitative estimate of drug-likeness (QED) is 0.724. The highest BCUT2D eigenvalue weighted by molar-refractivity contribution is 5.10. The van der Waals surface area contributed by atoms with Crippen LogP contribution in [0.5, 0.6) is 0 Å². The van der Waals surface area contributed by atoms with Gasteiger partial charge in [0.2, 0.25) is 0 Å². The van der Waals surface area contributed by atoms with Gasteiger partial charge in [0.25, 0.3) is 0 Å². The summed E-state index contributed by atoms with van der Waals surface area (Å²) >= 11 is 0. The first-order valence-corrected chi connectivity index (χ1v) is 11.3. The molecule has 0 heterocycles. The summed E-state index contributed by atoms with van der Waals surface area (Å²) in [7, 11) is 1.64. The standard InChI is InChI=1S/C23H40O4/c1-14(24)17-7-8-18-16-6-5-15-11-21(27-13-26-4)20(25)12-23(15,3)19(16)9-10-22(17,18)2/h14-21,24-25H,5-13H2,1-4H3/t14-,15-,16-,17+,18-,19-,20+,21-,22+,23-/m0/s1. The van der Waals surface area contributed by atoms with Gasteiger partial charge < -0.3 is 19.7 Å². The lowest BCUT2D eigenvalue weighted by atomic mass is 9.44. The molecule has 4 aliphatic carbocycles. The van der Waals surface area contributed by atoms with Crippen molar-refractivity contribution in [2.75, 3.05) is 13.9 Å². The van der Waals surface area contributed by atoms with Crippen molar-refractivity contribution >= 4 is 0 Å². The van der Waals surface area contributed by atoms with Crippen molar-refractivity contribution in [2.45, 2.75) is 90.4 Å². The highest BCUT2D eigenvalue weighted by Gasteiger charge is 2.61. The van der Waals surface area contributed by atoms with Crippen molar-refractivity contribution in [3.8, 4) is 0 Å². The molecule has 0 amide bonds.